The first-order valence-electron chi connectivity index (χ1n) is 8.09. The Bertz CT molecular complexity index is 870. The molecule has 5 heteroatoms. The molecule has 4 rings (SSSR count). The number of aromatic amines is 1. The highest BCUT2D eigenvalue weighted by Crippen LogP contribution is 2.27. The van der Waals surface area contributed by atoms with Gasteiger partial charge in [0.2, 0.25) is 0 Å². The molecule has 0 spiro atoms. The van der Waals surface area contributed by atoms with Gasteiger partial charge in [-0.15, -0.1) is 0 Å². The minimum absolute atomic E-state index is 0.00175. The van der Waals surface area contributed by atoms with E-state index in [2.05, 4.69) is 27.0 Å². The number of hydrogen-bond acceptors (Lipinski definition) is 3. The van der Waals surface area contributed by atoms with Crippen LogP contribution in [0, 0.1) is 6.92 Å². The molecule has 1 fully saturated rings. The molecule has 1 saturated heterocycles. The van der Waals surface area contributed by atoms with Crippen LogP contribution in [0.2, 0.25) is 0 Å². The van der Waals surface area contributed by atoms with E-state index in [9.17, 15) is 4.79 Å². The van der Waals surface area contributed by atoms with Gasteiger partial charge in [-0.25, -0.2) is 9.78 Å². The Morgan fingerprint density at radius 1 is 1.13 bits per heavy atom. The normalized spacial score (nSPS) is 16.1. The van der Waals surface area contributed by atoms with Gasteiger partial charge in [0.05, 0.1) is 11.0 Å². The number of rotatable bonds is 2. The van der Waals surface area contributed by atoms with Gasteiger partial charge in [0.25, 0.3) is 0 Å². The van der Waals surface area contributed by atoms with Crippen molar-refractivity contribution >= 4 is 16.9 Å². The highest BCUT2D eigenvalue weighted by atomic mass is 16.1. The molecule has 3 heterocycles. The molecule has 0 bridgehead atoms. The van der Waals surface area contributed by atoms with Crippen LogP contribution in [0.3, 0.4) is 0 Å². The van der Waals surface area contributed by atoms with E-state index in [0.717, 1.165) is 42.8 Å². The van der Waals surface area contributed by atoms with Crippen molar-refractivity contribution in [1.29, 1.82) is 0 Å². The predicted molar refractivity (Wildman–Crippen MR) is 92.0 cm³/mol. The number of H-pyrrole nitrogens is 1. The summed E-state index contributed by atoms with van der Waals surface area (Å²) in [5.41, 5.74) is 3.09. The van der Waals surface area contributed by atoms with Crippen LogP contribution in [0.15, 0.2) is 47.4 Å². The highest BCUT2D eigenvalue weighted by Gasteiger charge is 2.24. The van der Waals surface area contributed by atoms with Crippen LogP contribution in [0.4, 0.5) is 5.82 Å². The second-order valence-corrected chi connectivity index (χ2v) is 6.23. The number of benzene rings is 1. The maximum absolute atomic E-state index is 12.3. The largest absolute Gasteiger partial charge is 0.356 e. The van der Waals surface area contributed by atoms with E-state index in [4.69, 9.17) is 0 Å². The maximum atomic E-state index is 12.3. The van der Waals surface area contributed by atoms with Gasteiger partial charge in [-0.2, -0.15) is 0 Å². The van der Waals surface area contributed by atoms with Gasteiger partial charge >= 0.3 is 5.69 Å². The fourth-order valence-electron chi connectivity index (χ4n) is 3.44. The maximum Gasteiger partial charge on any atom is 0.326 e. The van der Waals surface area contributed by atoms with E-state index in [-0.39, 0.29) is 11.7 Å². The molecule has 1 aliphatic heterocycles. The zero-order valence-electron chi connectivity index (χ0n) is 13.2. The van der Waals surface area contributed by atoms with E-state index >= 15 is 0 Å². The summed E-state index contributed by atoms with van der Waals surface area (Å²) in [7, 11) is 0. The van der Waals surface area contributed by atoms with Crippen molar-refractivity contribution < 1.29 is 0 Å². The van der Waals surface area contributed by atoms with E-state index in [1.807, 2.05) is 42.0 Å². The molecule has 1 aliphatic rings. The molecule has 0 unspecified atom stereocenters. The third-order valence-corrected chi connectivity index (χ3v) is 4.67. The Morgan fingerprint density at radius 3 is 2.65 bits per heavy atom. The van der Waals surface area contributed by atoms with E-state index in [1.165, 1.54) is 5.56 Å². The second-order valence-electron chi connectivity index (χ2n) is 6.23. The predicted octanol–water partition coefficient (Wildman–Crippen LogP) is 2.87. The molecule has 2 aromatic heterocycles. The number of para-hydroxylation sites is 2. The molecule has 1 aromatic carbocycles. The third-order valence-electron chi connectivity index (χ3n) is 4.67. The van der Waals surface area contributed by atoms with Crippen molar-refractivity contribution in [2.45, 2.75) is 25.8 Å². The molecule has 0 atom stereocenters. The first kappa shape index (κ1) is 14.1. The zero-order valence-corrected chi connectivity index (χ0v) is 13.2. The lowest BCUT2D eigenvalue weighted by Gasteiger charge is -2.33. The monoisotopic (exact) mass is 308 g/mol. The van der Waals surface area contributed by atoms with Crippen molar-refractivity contribution in [1.82, 2.24) is 14.5 Å². The van der Waals surface area contributed by atoms with Crippen LogP contribution in [0.25, 0.3) is 11.0 Å². The smallest absolute Gasteiger partial charge is 0.326 e. The van der Waals surface area contributed by atoms with E-state index < -0.39 is 0 Å². The van der Waals surface area contributed by atoms with E-state index in [1.54, 1.807) is 0 Å². The van der Waals surface area contributed by atoms with E-state index in [0.29, 0.717) is 0 Å². The fraction of sp³-hybridized carbons (Fsp3) is 0.333. The van der Waals surface area contributed by atoms with Crippen molar-refractivity contribution in [3.63, 3.8) is 0 Å². The number of nitrogens with zero attached hydrogens (tertiary/aromatic N) is 3. The summed E-state index contributed by atoms with van der Waals surface area (Å²) in [5, 5.41) is 0. The number of imidazole rings is 1. The number of nitrogens with one attached hydrogen (secondary N) is 1. The zero-order chi connectivity index (χ0) is 15.8. The molecule has 0 radical (unpaired) electrons. The van der Waals surface area contributed by atoms with Crippen molar-refractivity contribution in [2.75, 3.05) is 18.0 Å². The SMILES string of the molecule is Cc1ccc(N2CCC(n3c(=O)[nH]c4ccccc43)CC2)nc1. The Morgan fingerprint density at radius 2 is 1.91 bits per heavy atom. The number of aromatic nitrogens is 3. The van der Waals surface area contributed by atoms with Crippen LogP contribution in [-0.4, -0.2) is 27.6 Å². The van der Waals surface area contributed by atoms with Crippen molar-refractivity contribution in [2.24, 2.45) is 0 Å². The molecule has 23 heavy (non-hydrogen) atoms. The summed E-state index contributed by atoms with van der Waals surface area (Å²) in [5.74, 6) is 1.03. The Kier molecular flexibility index (Phi) is 3.41. The average molecular weight is 308 g/mol. The number of anilines is 1. The van der Waals surface area contributed by atoms with Crippen LogP contribution < -0.4 is 10.6 Å². The van der Waals surface area contributed by atoms with Crippen LogP contribution in [0.5, 0.6) is 0 Å². The van der Waals surface area contributed by atoms with Gasteiger partial charge in [0.15, 0.2) is 0 Å². The topological polar surface area (TPSA) is 53.9 Å². The van der Waals surface area contributed by atoms with Crippen LogP contribution in [0.1, 0.15) is 24.4 Å². The molecular weight excluding hydrogens is 288 g/mol. The number of hydrogen-bond donors (Lipinski definition) is 1. The molecule has 0 saturated carbocycles. The summed E-state index contributed by atoms with van der Waals surface area (Å²) in [6, 6.07) is 12.3. The summed E-state index contributed by atoms with van der Waals surface area (Å²) < 4.78 is 1.93. The number of fused-ring (bicyclic) bond motifs is 1. The first-order chi connectivity index (χ1) is 11.2. The molecule has 1 N–H and O–H groups in total. The average Bonchev–Trinajstić information content (AvgIpc) is 2.91. The number of aryl methyl sites for hydroxylation is 1. The third kappa shape index (κ3) is 2.52. The Labute approximate surface area is 134 Å². The van der Waals surface area contributed by atoms with Crippen LogP contribution >= 0.6 is 0 Å². The molecule has 0 aliphatic carbocycles. The van der Waals surface area contributed by atoms with Gasteiger partial charge in [-0.1, -0.05) is 18.2 Å². The lowest BCUT2D eigenvalue weighted by atomic mass is 10.0. The quantitative estimate of drug-likeness (QED) is 0.792. The molecular formula is C18H20N4O. The Balaban J connectivity index is 1.56. The summed E-state index contributed by atoms with van der Waals surface area (Å²) in [6.07, 6.45) is 3.82. The van der Waals surface area contributed by atoms with Crippen molar-refractivity contribution in [3.8, 4) is 0 Å². The molecule has 0 amide bonds. The van der Waals surface area contributed by atoms with Crippen LogP contribution in [-0.2, 0) is 0 Å². The number of piperidine rings is 1. The fourth-order valence-corrected chi connectivity index (χ4v) is 3.44. The van der Waals surface area contributed by atoms with Gasteiger partial charge in [0.1, 0.15) is 5.82 Å². The minimum Gasteiger partial charge on any atom is -0.356 e. The first-order valence-corrected chi connectivity index (χ1v) is 8.09. The van der Waals surface area contributed by atoms with Gasteiger partial charge < -0.3 is 9.88 Å². The lowest BCUT2D eigenvalue weighted by molar-refractivity contribution is 0.395. The summed E-state index contributed by atoms with van der Waals surface area (Å²) in [6.45, 7) is 3.89. The minimum atomic E-state index is -0.00175. The molecule has 118 valence electrons. The second kappa shape index (κ2) is 5.57. The summed E-state index contributed by atoms with van der Waals surface area (Å²) >= 11 is 0. The molecule has 3 aromatic rings. The Hall–Kier alpha value is -2.56. The van der Waals surface area contributed by atoms with Gasteiger partial charge in [-0.3, -0.25) is 4.57 Å². The lowest BCUT2D eigenvalue weighted by Crippen LogP contribution is -2.37. The number of pyridine rings is 1. The summed E-state index contributed by atoms with van der Waals surface area (Å²) in [4.78, 5) is 22.1. The highest BCUT2D eigenvalue weighted by molar-refractivity contribution is 5.75. The van der Waals surface area contributed by atoms with Gasteiger partial charge in [0, 0.05) is 25.3 Å². The van der Waals surface area contributed by atoms with Crippen molar-refractivity contribution in [3.05, 3.63) is 58.6 Å². The molecule has 5 nitrogen and oxygen atoms in total. The standard InChI is InChI=1S/C18H20N4O/c1-13-6-7-17(19-12-13)21-10-8-14(9-11-21)22-16-5-3-2-4-15(16)20-18(22)23/h2-7,12,14H,8-11H2,1H3,(H,20,23). The van der Waals surface area contributed by atoms with Gasteiger partial charge in [-0.05, 0) is 43.5 Å².